The van der Waals surface area contributed by atoms with Crippen LogP contribution in [0.3, 0.4) is 0 Å². The van der Waals surface area contributed by atoms with Gasteiger partial charge in [0.05, 0.1) is 0 Å². The second kappa shape index (κ2) is 5.27. The van der Waals surface area contributed by atoms with Gasteiger partial charge in [0.25, 0.3) is 0 Å². The highest BCUT2D eigenvalue weighted by molar-refractivity contribution is 7.99. The molecule has 0 radical (unpaired) electrons. The quantitative estimate of drug-likeness (QED) is 0.483. The zero-order valence-electron chi connectivity index (χ0n) is 8.08. The van der Waals surface area contributed by atoms with Crippen LogP contribution in [0.15, 0.2) is 29.2 Å². The molecule has 0 aliphatic heterocycles. The molecule has 2 nitrogen and oxygen atoms in total. The molecule has 1 N–H and O–H groups in total. The third kappa shape index (κ3) is 4.03. The Balaban J connectivity index is 2.63. The molecular weight excluding hydrogens is 218 g/mol. The fraction of sp³-hybridized carbons (Fsp3) is 0.300. The molecule has 0 spiro atoms. The molecule has 0 fully saturated rings. The molecule has 4 heteroatoms. The first-order chi connectivity index (χ1) is 6.58. The van der Waals surface area contributed by atoms with Gasteiger partial charge in [-0.3, -0.25) is 4.79 Å². The maximum Gasteiger partial charge on any atom is 0.318 e. The molecule has 1 amide bonds. The van der Waals surface area contributed by atoms with E-state index in [2.05, 4.69) is 19.2 Å². The van der Waals surface area contributed by atoms with Gasteiger partial charge in [0.15, 0.2) is 0 Å². The Morgan fingerprint density at radius 2 is 1.93 bits per heavy atom. The monoisotopic (exact) mass is 229 g/mol. The molecule has 0 heterocycles. The SMILES string of the molecule is CC(C)Sc1ccc(NC(=O)Cl)cc1. The minimum Gasteiger partial charge on any atom is -0.312 e. The van der Waals surface area contributed by atoms with Crippen LogP contribution in [0.1, 0.15) is 13.8 Å². The lowest BCUT2D eigenvalue weighted by atomic mass is 10.3. The number of thioether (sulfide) groups is 1. The van der Waals surface area contributed by atoms with E-state index in [0.717, 1.165) is 5.69 Å². The summed E-state index contributed by atoms with van der Waals surface area (Å²) in [7, 11) is 0. The molecule has 0 saturated heterocycles. The fourth-order valence-corrected chi connectivity index (χ4v) is 1.95. The number of hydrogen-bond donors (Lipinski definition) is 1. The van der Waals surface area contributed by atoms with Crippen LogP contribution in [0.2, 0.25) is 0 Å². The third-order valence-electron chi connectivity index (χ3n) is 1.47. The zero-order chi connectivity index (χ0) is 10.6. The van der Waals surface area contributed by atoms with E-state index in [1.807, 2.05) is 24.3 Å². The number of carbonyl (C=O) groups is 1. The van der Waals surface area contributed by atoms with Gasteiger partial charge in [0.1, 0.15) is 0 Å². The van der Waals surface area contributed by atoms with Crippen LogP contribution in [-0.4, -0.2) is 10.6 Å². The molecule has 0 aliphatic rings. The average molecular weight is 230 g/mol. The van der Waals surface area contributed by atoms with E-state index < -0.39 is 5.37 Å². The molecular formula is C10H12ClNOS. The van der Waals surface area contributed by atoms with Crippen LogP contribution in [0.5, 0.6) is 0 Å². The van der Waals surface area contributed by atoms with Crippen LogP contribution >= 0.6 is 23.4 Å². The van der Waals surface area contributed by atoms with Crippen molar-refractivity contribution in [3.63, 3.8) is 0 Å². The number of hydrogen-bond acceptors (Lipinski definition) is 2. The highest BCUT2D eigenvalue weighted by Crippen LogP contribution is 2.24. The summed E-state index contributed by atoms with van der Waals surface area (Å²) in [6, 6.07) is 7.61. The van der Waals surface area contributed by atoms with Gasteiger partial charge in [-0.15, -0.1) is 11.8 Å². The molecule has 1 aromatic carbocycles. The Morgan fingerprint density at radius 3 is 2.36 bits per heavy atom. The Labute approximate surface area is 93.0 Å². The van der Waals surface area contributed by atoms with Gasteiger partial charge < -0.3 is 5.32 Å². The number of nitrogens with one attached hydrogen (secondary N) is 1. The van der Waals surface area contributed by atoms with E-state index >= 15 is 0 Å². The lowest BCUT2D eigenvalue weighted by Gasteiger charge is -2.05. The number of benzene rings is 1. The summed E-state index contributed by atoms with van der Waals surface area (Å²) in [5.41, 5.74) is 0.720. The van der Waals surface area contributed by atoms with E-state index in [1.54, 1.807) is 11.8 Å². The lowest BCUT2D eigenvalue weighted by molar-refractivity contribution is 0.269. The zero-order valence-corrected chi connectivity index (χ0v) is 9.65. The van der Waals surface area contributed by atoms with Crippen molar-refractivity contribution in [2.75, 3.05) is 5.32 Å². The Kier molecular flexibility index (Phi) is 4.29. The number of halogens is 1. The molecule has 1 rings (SSSR count). The average Bonchev–Trinajstić information content (AvgIpc) is 2.06. The van der Waals surface area contributed by atoms with E-state index in [1.165, 1.54) is 4.90 Å². The lowest BCUT2D eigenvalue weighted by Crippen LogP contribution is -2.00. The predicted molar refractivity (Wildman–Crippen MR) is 62.3 cm³/mol. The minimum atomic E-state index is -0.561. The number of carbonyl (C=O) groups excluding carboxylic acids is 1. The highest BCUT2D eigenvalue weighted by atomic mass is 35.5. The standard InChI is InChI=1S/C10H12ClNOS/c1-7(2)14-9-5-3-8(4-6-9)12-10(11)13/h3-7H,1-2H3,(H,12,13). The normalized spacial score (nSPS) is 10.3. The summed E-state index contributed by atoms with van der Waals surface area (Å²) in [5.74, 6) is 0. The molecule has 0 aliphatic carbocycles. The van der Waals surface area contributed by atoms with Crippen molar-refractivity contribution in [2.45, 2.75) is 24.0 Å². The van der Waals surface area contributed by atoms with Crippen molar-refractivity contribution in [1.29, 1.82) is 0 Å². The largest absolute Gasteiger partial charge is 0.318 e. The Bertz CT molecular complexity index is 310. The second-order valence-corrected chi connectivity index (χ2v) is 5.08. The first-order valence-corrected chi connectivity index (χ1v) is 5.57. The summed E-state index contributed by atoms with van der Waals surface area (Å²) in [4.78, 5) is 11.7. The number of anilines is 1. The van der Waals surface area contributed by atoms with Crippen LogP contribution < -0.4 is 5.32 Å². The molecule has 1 aromatic rings. The van der Waals surface area contributed by atoms with Crippen molar-refractivity contribution in [3.8, 4) is 0 Å². The smallest absolute Gasteiger partial charge is 0.312 e. The summed E-state index contributed by atoms with van der Waals surface area (Å²) in [6.45, 7) is 4.28. The van der Waals surface area contributed by atoms with Gasteiger partial charge >= 0.3 is 5.37 Å². The molecule has 0 atom stereocenters. The van der Waals surface area contributed by atoms with Crippen molar-refractivity contribution in [3.05, 3.63) is 24.3 Å². The van der Waals surface area contributed by atoms with Crippen molar-refractivity contribution < 1.29 is 4.79 Å². The van der Waals surface area contributed by atoms with Crippen LogP contribution in [0.4, 0.5) is 10.5 Å². The van der Waals surface area contributed by atoms with Crippen LogP contribution in [0, 0.1) is 0 Å². The number of rotatable bonds is 3. The maximum atomic E-state index is 10.5. The van der Waals surface area contributed by atoms with Crippen molar-refractivity contribution >= 4 is 34.4 Å². The topological polar surface area (TPSA) is 29.1 Å². The summed E-state index contributed by atoms with van der Waals surface area (Å²) < 4.78 is 0. The predicted octanol–water partition coefficient (Wildman–Crippen LogP) is 3.96. The first kappa shape index (κ1) is 11.4. The summed E-state index contributed by atoms with van der Waals surface area (Å²) in [5, 5.41) is 2.50. The molecule has 14 heavy (non-hydrogen) atoms. The Hall–Kier alpha value is -0.670. The first-order valence-electron chi connectivity index (χ1n) is 4.31. The van der Waals surface area contributed by atoms with Gasteiger partial charge in [-0.2, -0.15) is 0 Å². The molecule has 76 valence electrons. The second-order valence-electron chi connectivity index (χ2n) is 3.09. The van der Waals surface area contributed by atoms with Gasteiger partial charge in [-0.1, -0.05) is 13.8 Å². The molecule has 0 bridgehead atoms. The third-order valence-corrected chi connectivity index (χ3v) is 2.58. The van der Waals surface area contributed by atoms with E-state index in [4.69, 9.17) is 11.6 Å². The highest BCUT2D eigenvalue weighted by Gasteiger charge is 1.99. The van der Waals surface area contributed by atoms with Gasteiger partial charge in [-0.25, -0.2) is 0 Å². The van der Waals surface area contributed by atoms with Crippen LogP contribution in [0.25, 0.3) is 0 Å². The van der Waals surface area contributed by atoms with Gasteiger partial charge in [0.2, 0.25) is 0 Å². The van der Waals surface area contributed by atoms with Gasteiger partial charge in [-0.05, 0) is 35.9 Å². The summed E-state index contributed by atoms with van der Waals surface area (Å²) in [6.07, 6.45) is 0. The van der Waals surface area contributed by atoms with Crippen LogP contribution in [-0.2, 0) is 0 Å². The fourth-order valence-electron chi connectivity index (χ4n) is 1.00. The summed E-state index contributed by atoms with van der Waals surface area (Å²) >= 11 is 6.96. The molecule has 0 unspecified atom stereocenters. The van der Waals surface area contributed by atoms with Crippen molar-refractivity contribution in [2.24, 2.45) is 0 Å². The molecule has 0 saturated carbocycles. The van der Waals surface area contributed by atoms with Crippen molar-refractivity contribution in [1.82, 2.24) is 0 Å². The van der Waals surface area contributed by atoms with E-state index in [0.29, 0.717) is 5.25 Å². The Morgan fingerprint density at radius 1 is 1.36 bits per heavy atom. The van der Waals surface area contributed by atoms with E-state index in [9.17, 15) is 4.79 Å². The van der Waals surface area contributed by atoms with Gasteiger partial charge in [0, 0.05) is 15.8 Å². The number of amides is 1. The molecule has 0 aromatic heterocycles. The van der Waals surface area contributed by atoms with E-state index in [-0.39, 0.29) is 0 Å². The minimum absolute atomic E-state index is 0.559. The maximum absolute atomic E-state index is 10.5.